The first kappa shape index (κ1) is 14.7. The van der Waals surface area contributed by atoms with Gasteiger partial charge in [-0.15, -0.1) is 0 Å². The monoisotopic (exact) mass is 254 g/mol. The van der Waals surface area contributed by atoms with E-state index in [0.29, 0.717) is 6.42 Å². The zero-order chi connectivity index (χ0) is 13.1. The topological polar surface area (TPSA) is 49.5 Å². The van der Waals surface area contributed by atoms with Gasteiger partial charge < -0.3 is 15.7 Å². The van der Waals surface area contributed by atoms with E-state index in [1.807, 2.05) is 0 Å². The highest BCUT2D eigenvalue weighted by Gasteiger charge is 2.40. The van der Waals surface area contributed by atoms with Crippen molar-refractivity contribution in [1.82, 2.24) is 4.90 Å². The average Bonchev–Trinajstić information content (AvgIpc) is 2.24. The molecular weight excluding hydrogens is 233 g/mol. The van der Waals surface area contributed by atoms with Crippen LogP contribution in [-0.2, 0) is 0 Å². The molecule has 0 saturated heterocycles. The predicted octanol–water partition coefficient (Wildman–Crippen LogP) is 1.36. The van der Waals surface area contributed by atoms with E-state index >= 15 is 0 Å². The first-order chi connectivity index (χ1) is 7.86. The summed E-state index contributed by atoms with van der Waals surface area (Å²) in [6.45, 7) is -0.543. The van der Waals surface area contributed by atoms with Crippen LogP contribution in [0.3, 0.4) is 0 Å². The van der Waals surface area contributed by atoms with Crippen molar-refractivity contribution in [2.24, 2.45) is 11.7 Å². The van der Waals surface area contributed by atoms with Gasteiger partial charge in [0, 0.05) is 19.1 Å². The van der Waals surface area contributed by atoms with Crippen molar-refractivity contribution in [2.75, 3.05) is 20.1 Å². The van der Waals surface area contributed by atoms with Crippen molar-refractivity contribution in [3.8, 4) is 0 Å². The van der Waals surface area contributed by atoms with Gasteiger partial charge in [0.2, 0.25) is 0 Å². The molecule has 1 aliphatic carbocycles. The highest BCUT2D eigenvalue weighted by molar-refractivity contribution is 4.84. The number of hydrogen-bond donors (Lipinski definition) is 2. The summed E-state index contributed by atoms with van der Waals surface area (Å²) in [5.41, 5.74) is 5.16. The molecular formula is C11H21F3N2O. The Bertz CT molecular complexity index is 235. The zero-order valence-corrected chi connectivity index (χ0v) is 10.1. The fourth-order valence-electron chi connectivity index (χ4n) is 2.40. The van der Waals surface area contributed by atoms with Crippen LogP contribution < -0.4 is 5.73 Å². The number of nitrogens with two attached hydrogens (primary N) is 1. The van der Waals surface area contributed by atoms with Crippen molar-refractivity contribution in [1.29, 1.82) is 0 Å². The standard InChI is InChI=1S/C11H21F3N2O/c1-16(7-8(6-15)11(12,13)14)9-4-2-3-5-10(9)17/h8-10,17H,2-7,15H2,1H3. The Kier molecular flexibility index (Phi) is 5.22. The number of hydrogen-bond acceptors (Lipinski definition) is 3. The molecule has 1 saturated carbocycles. The quantitative estimate of drug-likeness (QED) is 0.796. The van der Waals surface area contributed by atoms with Crippen molar-refractivity contribution in [3.05, 3.63) is 0 Å². The molecule has 0 heterocycles. The number of aliphatic hydroxyl groups is 1. The maximum atomic E-state index is 12.6. The molecule has 0 radical (unpaired) electrons. The van der Waals surface area contributed by atoms with Crippen LogP contribution in [-0.4, -0.2) is 48.5 Å². The molecule has 3 atom stereocenters. The van der Waals surface area contributed by atoms with Crippen LogP contribution in [0.4, 0.5) is 13.2 Å². The lowest BCUT2D eigenvalue weighted by Gasteiger charge is -2.37. The molecule has 0 aromatic carbocycles. The Morgan fingerprint density at radius 3 is 2.41 bits per heavy atom. The first-order valence-corrected chi connectivity index (χ1v) is 6.01. The Morgan fingerprint density at radius 2 is 1.94 bits per heavy atom. The summed E-state index contributed by atoms with van der Waals surface area (Å²) in [7, 11) is 1.63. The second-order valence-electron chi connectivity index (χ2n) is 4.83. The van der Waals surface area contributed by atoms with Crippen LogP contribution >= 0.6 is 0 Å². The summed E-state index contributed by atoms with van der Waals surface area (Å²) in [4.78, 5) is 1.61. The lowest BCUT2D eigenvalue weighted by molar-refractivity contribution is -0.178. The minimum Gasteiger partial charge on any atom is -0.391 e. The third kappa shape index (κ3) is 4.12. The van der Waals surface area contributed by atoms with Crippen molar-refractivity contribution in [3.63, 3.8) is 0 Å². The van der Waals surface area contributed by atoms with E-state index < -0.39 is 24.7 Å². The molecule has 3 nitrogen and oxygen atoms in total. The van der Waals surface area contributed by atoms with Gasteiger partial charge in [0.1, 0.15) is 0 Å². The third-order valence-corrected chi connectivity index (χ3v) is 3.52. The molecule has 3 unspecified atom stereocenters. The highest BCUT2D eigenvalue weighted by atomic mass is 19.4. The summed E-state index contributed by atoms with van der Waals surface area (Å²) < 4.78 is 37.7. The summed E-state index contributed by atoms with van der Waals surface area (Å²) in [5, 5.41) is 9.77. The maximum Gasteiger partial charge on any atom is 0.394 e. The van der Waals surface area contributed by atoms with Crippen LogP contribution in [0.25, 0.3) is 0 Å². The summed E-state index contributed by atoms with van der Waals surface area (Å²) in [5.74, 6) is -1.51. The van der Waals surface area contributed by atoms with Gasteiger partial charge >= 0.3 is 6.18 Å². The molecule has 0 spiro atoms. The maximum absolute atomic E-state index is 12.6. The van der Waals surface area contributed by atoms with Gasteiger partial charge in [-0.05, 0) is 19.9 Å². The lowest BCUT2D eigenvalue weighted by Crippen LogP contribution is -2.48. The summed E-state index contributed by atoms with van der Waals surface area (Å²) in [6, 6.07) is -0.167. The molecule has 0 amide bonds. The van der Waals surface area contributed by atoms with Crippen molar-refractivity contribution in [2.45, 2.75) is 44.0 Å². The highest BCUT2D eigenvalue weighted by Crippen LogP contribution is 2.28. The normalized spacial score (nSPS) is 28.4. The molecule has 0 aromatic heterocycles. The van der Waals surface area contributed by atoms with Crippen LogP contribution in [0.2, 0.25) is 0 Å². The minimum atomic E-state index is -4.26. The Morgan fingerprint density at radius 1 is 1.35 bits per heavy atom. The molecule has 0 aliphatic heterocycles. The number of rotatable bonds is 4. The van der Waals surface area contributed by atoms with Gasteiger partial charge in [-0.25, -0.2) is 0 Å². The van der Waals surface area contributed by atoms with Crippen LogP contribution in [0.5, 0.6) is 0 Å². The SMILES string of the molecule is CN(CC(CN)C(F)(F)F)C1CCCCC1O. The largest absolute Gasteiger partial charge is 0.394 e. The van der Waals surface area contributed by atoms with Crippen LogP contribution in [0, 0.1) is 5.92 Å². The van der Waals surface area contributed by atoms with E-state index in [2.05, 4.69) is 0 Å². The van der Waals surface area contributed by atoms with Gasteiger partial charge in [-0.3, -0.25) is 0 Å². The fourth-order valence-corrected chi connectivity index (χ4v) is 2.40. The van der Waals surface area contributed by atoms with Gasteiger partial charge in [0.25, 0.3) is 0 Å². The second-order valence-corrected chi connectivity index (χ2v) is 4.83. The van der Waals surface area contributed by atoms with Crippen LogP contribution in [0.15, 0.2) is 0 Å². The molecule has 1 fully saturated rings. The van der Waals surface area contributed by atoms with E-state index in [-0.39, 0.29) is 12.6 Å². The molecule has 0 aromatic rings. The van der Waals surface area contributed by atoms with Gasteiger partial charge in [0.05, 0.1) is 12.0 Å². The Labute approximate surface area is 99.8 Å². The smallest absolute Gasteiger partial charge is 0.391 e. The van der Waals surface area contributed by atoms with Gasteiger partial charge in [0.15, 0.2) is 0 Å². The van der Waals surface area contributed by atoms with E-state index in [9.17, 15) is 18.3 Å². The molecule has 1 aliphatic rings. The van der Waals surface area contributed by atoms with Gasteiger partial charge in [-0.2, -0.15) is 13.2 Å². The fraction of sp³-hybridized carbons (Fsp3) is 1.00. The van der Waals surface area contributed by atoms with E-state index in [0.717, 1.165) is 19.3 Å². The van der Waals surface area contributed by atoms with Crippen molar-refractivity contribution < 1.29 is 18.3 Å². The van der Waals surface area contributed by atoms with E-state index in [1.54, 1.807) is 11.9 Å². The summed E-state index contributed by atoms with van der Waals surface area (Å²) >= 11 is 0. The van der Waals surface area contributed by atoms with Crippen LogP contribution in [0.1, 0.15) is 25.7 Å². The second kappa shape index (κ2) is 6.02. The average molecular weight is 254 g/mol. The molecule has 0 bridgehead atoms. The number of nitrogens with zero attached hydrogens (tertiary/aromatic N) is 1. The van der Waals surface area contributed by atoms with E-state index in [4.69, 9.17) is 5.73 Å². The lowest BCUT2D eigenvalue weighted by atomic mass is 9.91. The molecule has 6 heteroatoms. The molecule has 102 valence electrons. The van der Waals surface area contributed by atoms with Gasteiger partial charge in [-0.1, -0.05) is 12.8 Å². The molecule has 3 N–H and O–H groups in total. The number of aliphatic hydroxyl groups excluding tert-OH is 1. The molecule has 1 rings (SSSR count). The predicted molar refractivity (Wildman–Crippen MR) is 59.5 cm³/mol. The summed E-state index contributed by atoms with van der Waals surface area (Å²) in [6.07, 6.45) is -1.43. The first-order valence-electron chi connectivity index (χ1n) is 6.01. The number of halogens is 3. The number of alkyl halides is 3. The molecule has 17 heavy (non-hydrogen) atoms. The zero-order valence-electron chi connectivity index (χ0n) is 10.1. The minimum absolute atomic E-state index is 0.137. The Hall–Kier alpha value is -0.330. The van der Waals surface area contributed by atoms with Crippen molar-refractivity contribution >= 4 is 0 Å². The van der Waals surface area contributed by atoms with E-state index in [1.165, 1.54) is 0 Å². The Balaban J connectivity index is 2.54. The number of likely N-dealkylation sites (N-methyl/N-ethyl adjacent to an activating group) is 1. The third-order valence-electron chi connectivity index (χ3n) is 3.52.